The number of aryl methyl sites for hydroxylation is 1. The standard InChI is InChI=1S/C27H25N5S/c1-19-24-12-13-30-26(24)11-10-25(19)31-27-21(17-29-18-22(27)16-28)7-4-20-5-8-23(9-6-20)33-32-14-2-3-15-32/h4-13,17-18,30H,2-3,14-15H2,1H3,(H,29,31)/b7-4+. The Labute approximate surface area is 198 Å². The topological polar surface area (TPSA) is 67.7 Å². The average Bonchev–Trinajstić information content (AvgIpc) is 3.53. The molecule has 3 heterocycles. The van der Waals surface area contributed by atoms with Crippen LogP contribution in [0.3, 0.4) is 0 Å². The molecule has 1 saturated heterocycles. The van der Waals surface area contributed by atoms with Gasteiger partial charge < -0.3 is 10.3 Å². The van der Waals surface area contributed by atoms with Gasteiger partial charge in [0.05, 0.1) is 11.3 Å². The highest BCUT2D eigenvalue weighted by atomic mass is 32.2. The lowest BCUT2D eigenvalue weighted by Gasteiger charge is -2.14. The van der Waals surface area contributed by atoms with Crippen molar-refractivity contribution in [3.8, 4) is 6.07 Å². The number of hydrogen-bond acceptors (Lipinski definition) is 5. The molecule has 5 rings (SSSR count). The number of hydrogen-bond donors (Lipinski definition) is 2. The molecule has 0 saturated carbocycles. The summed E-state index contributed by atoms with van der Waals surface area (Å²) in [4.78, 5) is 8.78. The zero-order valence-electron chi connectivity index (χ0n) is 18.5. The summed E-state index contributed by atoms with van der Waals surface area (Å²) >= 11 is 1.84. The summed E-state index contributed by atoms with van der Waals surface area (Å²) in [5.74, 6) is 0. The summed E-state index contributed by atoms with van der Waals surface area (Å²) in [6.07, 6.45) is 12.0. The maximum Gasteiger partial charge on any atom is 0.103 e. The number of aromatic amines is 1. The van der Waals surface area contributed by atoms with Gasteiger partial charge in [-0.1, -0.05) is 24.3 Å². The molecule has 2 aromatic heterocycles. The lowest BCUT2D eigenvalue weighted by molar-refractivity contribution is 0.586. The zero-order chi connectivity index (χ0) is 22.6. The first kappa shape index (κ1) is 21.3. The first-order valence-electron chi connectivity index (χ1n) is 11.1. The van der Waals surface area contributed by atoms with Crippen LogP contribution in [0.5, 0.6) is 0 Å². The van der Waals surface area contributed by atoms with Gasteiger partial charge in [-0.2, -0.15) is 5.26 Å². The van der Waals surface area contributed by atoms with E-state index in [2.05, 4.69) is 75.1 Å². The molecule has 6 heteroatoms. The van der Waals surface area contributed by atoms with Crippen LogP contribution in [0, 0.1) is 18.3 Å². The molecular formula is C27H25N5S. The van der Waals surface area contributed by atoms with Crippen molar-refractivity contribution in [2.45, 2.75) is 24.7 Å². The predicted molar refractivity (Wildman–Crippen MR) is 137 cm³/mol. The van der Waals surface area contributed by atoms with Gasteiger partial charge >= 0.3 is 0 Å². The molecule has 1 aliphatic rings. The van der Waals surface area contributed by atoms with Gasteiger partial charge in [0.1, 0.15) is 6.07 Å². The van der Waals surface area contributed by atoms with E-state index in [1.165, 1.54) is 30.8 Å². The Kier molecular flexibility index (Phi) is 6.16. The number of rotatable bonds is 6. The number of fused-ring (bicyclic) bond motifs is 1. The van der Waals surface area contributed by atoms with Crippen molar-refractivity contribution >= 4 is 46.4 Å². The Morgan fingerprint density at radius 2 is 1.88 bits per heavy atom. The number of nitrogens with one attached hydrogen (secondary N) is 2. The van der Waals surface area contributed by atoms with E-state index in [1.807, 2.05) is 30.3 Å². The molecule has 33 heavy (non-hydrogen) atoms. The quantitative estimate of drug-likeness (QED) is 0.317. The molecule has 4 aromatic rings. The van der Waals surface area contributed by atoms with Crippen LogP contribution in [0.1, 0.15) is 35.1 Å². The second-order valence-corrected chi connectivity index (χ2v) is 9.37. The number of benzene rings is 2. The number of nitrogens with zero attached hydrogens (tertiary/aromatic N) is 3. The highest BCUT2D eigenvalue weighted by Gasteiger charge is 2.13. The monoisotopic (exact) mass is 451 g/mol. The van der Waals surface area contributed by atoms with Crippen molar-refractivity contribution in [2.75, 3.05) is 18.4 Å². The fraction of sp³-hybridized carbons (Fsp3) is 0.185. The van der Waals surface area contributed by atoms with Crippen molar-refractivity contribution in [1.82, 2.24) is 14.3 Å². The van der Waals surface area contributed by atoms with Crippen LogP contribution in [0.2, 0.25) is 0 Å². The molecule has 1 fully saturated rings. The highest BCUT2D eigenvalue weighted by Crippen LogP contribution is 2.31. The lowest BCUT2D eigenvalue weighted by Crippen LogP contribution is -2.08. The fourth-order valence-electron chi connectivity index (χ4n) is 4.14. The summed E-state index contributed by atoms with van der Waals surface area (Å²) in [6.45, 7) is 4.42. The van der Waals surface area contributed by atoms with Crippen LogP contribution in [-0.2, 0) is 0 Å². The van der Waals surface area contributed by atoms with E-state index >= 15 is 0 Å². The minimum atomic E-state index is 0.517. The molecule has 0 unspecified atom stereocenters. The number of pyridine rings is 1. The van der Waals surface area contributed by atoms with E-state index in [1.54, 1.807) is 12.4 Å². The molecule has 0 amide bonds. The molecule has 0 bridgehead atoms. The van der Waals surface area contributed by atoms with Gasteiger partial charge in [-0.15, -0.1) is 0 Å². The minimum Gasteiger partial charge on any atom is -0.361 e. The third-order valence-corrected chi connectivity index (χ3v) is 7.10. The second kappa shape index (κ2) is 9.53. The lowest BCUT2D eigenvalue weighted by atomic mass is 10.1. The molecule has 5 nitrogen and oxygen atoms in total. The van der Waals surface area contributed by atoms with Gasteiger partial charge in [-0.3, -0.25) is 4.98 Å². The van der Waals surface area contributed by atoms with Gasteiger partial charge in [-0.05, 0) is 73.2 Å². The number of anilines is 2. The minimum absolute atomic E-state index is 0.517. The van der Waals surface area contributed by atoms with E-state index < -0.39 is 0 Å². The van der Waals surface area contributed by atoms with Gasteiger partial charge in [0.15, 0.2) is 0 Å². The van der Waals surface area contributed by atoms with Gasteiger partial charge in [-0.25, -0.2) is 4.31 Å². The number of H-pyrrole nitrogens is 1. The number of aromatic nitrogens is 2. The average molecular weight is 452 g/mol. The summed E-state index contributed by atoms with van der Waals surface area (Å²) in [5.41, 5.74) is 6.47. The molecule has 1 aliphatic heterocycles. The molecule has 0 spiro atoms. The van der Waals surface area contributed by atoms with Crippen molar-refractivity contribution < 1.29 is 0 Å². The Morgan fingerprint density at radius 3 is 2.67 bits per heavy atom. The zero-order valence-corrected chi connectivity index (χ0v) is 19.3. The van der Waals surface area contributed by atoms with Crippen molar-refractivity contribution in [2.24, 2.45) is 0 Å². The highest BCUT2D eigenvalue weighted by molar-refractivity contribution is 7.97. The van der Waals surface area contributed by atoms with E-state index in [9.17, 15) is 5.26 Å². The van der Waals surface area contributed by atoms with Crippen LogP contribution in [0.4, 0.5) is 11.4 Å². The molecule has 0 atom stereocenters. The Bertz CT molecular complexity index is 1340. The van der Waals surface area contributed by atoms with E-state index in [-0.39, 0.29) is 0 Å². The maximum absolute atomic E-state index is 9.70. The van der Waals surface area contributed by atoms with Crippen molar-refractivity contribution in [3.63, 3.8) is 0 Å². The molecule has 2 aromatic carbocycles. The Hall–Kier alpha value is -3.53. The van der Waals surface area contributed by atoms with Gasteiger partial charge in [0.25, 0.3) is 0 Å². The normalized spacial score (nSPS) is 14.2. The third kappa shape index (κ3) is 4.65. The van der Waals surface area contributed by atoms with Crippen LogP contribution < -0.4 is 5.32 Å². The summed E-state index contributed by atoms with van der Waals surface area (Å²) in [7, 11) is 0. The molecule has 0 radical (unpaired) electrons. The van der Waals surface area contributed by atoms with E-state index in [0.717, 1.165) is 39.0 Å². The predicted octanol–water partition coefficient (Wildman–Crippen LogP) is 6.76. The summed E-state index contributed by atoms with van der Waals surface area (Å²) in [5, 5.41) is 14.4. The van der Waals surface area contributed by atoms with E-state index in [0.29, 0.717) is 5.56 Å². The maximum atomic E-state index is 9.70. The molecule has 0 aliphatic carbocycles. The Balaban J connectivity index is 1.39. The van der Waals surface area contributed by atoms with Crippen LogP contribution in [0.15, 0.2) is 66.0 Å². The third-order valence-electron chi connectivity index (χ3n) is 5.99. The largest absolute Gasteiger partial charge is 0.361 e. The molecule has 2 N–H and O–H groups in total. The fourth-order valence-corrected chi connectivity index (χ4v) is 5.13. The van der Waals surface area contributed by atoms with Gasteiger partial charge in [0, 0.05) is 58.7 Å². The van der Waals surface area contributed by atoms with Crippen molar-refractivity contribution in [1.29, 1.82) is 5.26 Å². The molecular weight excluding hydrogens is 426 g/mol. The first-order chi connectivity index (χ1) is 16.2. The SMILES string of the molecule is Cc1c(Nc2c(C#N)cncc2/C=C/c2ccc(SN3CCCC3)cc2)ccc2[nH]ccc12. The van der Waals surface area contributed by atoms with Crippen LogP contribution in [-0.4, -0.2) is 27.4 Å². The Morgan fingerprint density at radius 1 is 1.06 bits per heavy atom. The van der Waals surface area contributed by atoms with Crippen LogP contribution in [0.25, 0.3) is 23.1 Å². The van der Waals surface area contributed by atoms with Gasteiger partial charge in [0.2, 0.25) is 0 Å². The number of nitriles is 1. The second-order valence-electron chi connectivity index (χ2n) is 8.19. The smallest absolute Gasteiger partial charge is 0.103 e. The van der Waals surface area contributed by atoms with Crippen LogP contribution >= 0.6 is 11.9 Å². The van der Waals surface area contributed by atoms with Crippen molar-refractivity contribution in [3.05, 3.63) is 83.3 Å². The summed E-state index contributed by atoms with van der Waals surface area (Å²) < 4.78 is 2.43. The summed E-state index contributed by atoms with van der Waals surface area (Å²) in [6, 6.07) is 17.0. The first-order valence-corrected chi connectivity index (χ1v) is 11.9. The van der Waals surface area contributed by atoms with E-state index in [4.69, 9.17) is 0 Å². The molecule has 164 valence electrons.